The molecule has 1 aliphatic rings. The second-order valence-corrected chi connectivity index (χ2v) is 4.19. The van der Waals surface area contributed by atoms with Crippen LogP contribution in [0.4, 0.5) is 0 Å². The van der Waals surface area contributed by atoms with E-state index < -0.39 is 12.7 Å². The highest BCUT2D eigenvalue weighted by Gasteiger charge is 2.33. The van der Waals surface area contributed by atoms with Gasteiger partial charge in [-0.2, -0.15) is 0 Å². The molecule has 16 heavy (non-hydrogen) atoms. The summed E-state index contributed by atoms with van der Waals surface area (Å²) in [6.45, 7) is 3.18. The minimum absolute atomic E-state index is 0.0460. The Labute approximate surface area is 93.4 Å². The van der Waals surface area contributed by atoms with Crippen molar-refractivity contribution in [3.05, 3.63) is 17.7 Å². The number of hydrogen-bond donors (Lipinski definition) is 3. The Hall–Kier alpha value is -1.24. The molecule has 0 spiro atoms. The molecule has 1 aromatic carbocycles. The van der Waals surface area contributed by atoms with Crippen molar-refractivity contribution in [3.63, 3.8) is 0 Å². The smallest absolute Gasteiger partial charge is 0.454 e. The molecule has 5 nitrogen and oxygen atoms in total. The lowest BCUT2D eigenvalue weighted by molar-refractivity contribution is 0.0791. The zero-order chi connectivity index (χ0) is 11.9. The van der Waals surface area contributed by atoms with Crippen LogP contribution in [0.5, 0.6) is 11.5 Å². The van der Waals surface area contributed by atoms with Crippen molar-refractivity contribution in [1.82, 2.24) is 0 Å². The molecular weight excluding hydrogens is 211 g/mol. The molecule has 6 heteroatoms. The van der Waals surface area contributed by atoms with Gasteiger partial charge in [-0.25, -0.2) is 0 Å². The van der Waals surface area contributed by atoms with Crippen molar-refractivity contribution in [2.45, 2.75) is 19.4 Å². The summed E-state index contributed by atoms with van der Waals surface area (Å²) in [5.41, 5.74) is -0.616. The van der Waals surface area contributed by atoms with Crippen molar-refractivity contribution >= 4 is 12.6 Å². The second kappa shape index (κ2) is 3.66. The molecule has 1 heterocycles. The zero-order valence-electron chi connectivity index (χ0n) is 9.10. The minimum Gasteiger partial charge on any atom is -0.454 e. The van der Waals surface area contributed by atoms with Gasteiger partial charge in [0.1, 0.15) is 0 Å². The Morgan fingerprint density at radius 2 is 1.94 bits per heavy atom. The average Bonchev–Trinajstić information content (AvgIpc) is 2.61. The summed E-state index contributed by atoms with van der Waals surface area (Å²) in [5.74, 6) is 0.741. The van der Waals surface area contributed by atoms with Gasteiger partial charge in [0.2, 0.25) is 6.79 Å². The van der Waals surface area contributed by atoms with Gasteiger partial charge in [-0.1, -0.05) is 6.07 Å². The Balaban J connectivity index is 2.63. The monoisotopic (exact) mass is 224 g/mol. The van der Waals surface area contributed by atoms with Gasteiger partial charge in [0.15, 0.2) is 11.5 Å². The molecule has 86 valence electrons. The maximum absolute atomic E-state index is 9.93. The van der Waals surface area contributed by atoms with Gasteiger partial charge in [-0.15, -0.1) is 0 Å². The van der Waals surface area contributed by atoms with E-state index in [1.807, 2.05) is 0 Å². The largest absolute Gasteiger partial charge is 0.492 e. The van der Waals surface area contributed by atoms with E-state index in [1.165, 1.54) is 0 Å². The van der Waals surface area contributed by atoms with Gasteiger partial charge in [-0.05, 0) is 25.5 Å². The van der Waals surface area contributed by atoms with Crippen LogP contribution in [-0.2, 0) is 5.60 Å². The van der Waals surface area contributed by atoms with Crippen LogP contribution in [-0.4, -0.2) is 29.1 Å². The predicted octanol–water partition coefficient (Wildman–Crippen LogP) is -0.678. The van der Waals surface area contributed by atoms with Crippen molar-refractivity contribution in [2.75, 3.05) is 6.79 Å². The van der Waals surface area contributed by atoms with Gasteiger partial charge in [-0.3, -0.25) is 0 Å². The van der Waals surface area contributed by atoms with Crippen LogP contribution < -0.4 is 14.9 Å². The Bertz CT molecular complexity index is 410. The van der Waals surface area contributed by atoms with Crippen LogP contribution in [0.2, 0.25) is 0 Å². The number of fused-ring (bicyclic) bond motifs is 1. The molecule has 0 saturated heterocycles. The van der Waals surface area contributed by atoms with E-state index in [1.54, 1.807) is 26.0 Å². The quantitative estimate of drug-likeness (QED) is 0.580. The molecule has 0 aromatic heterocycles. The van der Waals surface area contributed by atoms with Gasteiger partial charge in [0.05, 0.1) is 5.60 Å². The molecule has 2 rings (SSSR count). The van der Waals surface area contributed by atoms with Crippen LogP contribution in [0, 0.1) is 0 Å². The Kier molecular flexibility index (Phi) is 2.57. The predicted molar refractivity (Wildman–Crippen MR) is 57.6 cm³/mol. The summed E-state index contributed by atoms with van der Waals surface area (Å²) in [5, 5.41) is 28.6. The molecule has 0 fully saturated rings. The van der Waals surface area contributed by atoms with Gasteiger partial charge in [0, 0.05) is 5.46 Å². The topological polar surface area (TPSA) is 79.2 Å². The maximum atomic E-state index is 9.93. The second-order valence-electron chi connectivity index (χ2n) is 4.19. The summed E-state index contributed by atoms with van der Waals surface area (Å²) < 4.78 is 10.3. The molecule has 0 amide bonds. The highest BCUT2D eigenvalue weighted by molar-refractivity contribution is 6.60. The van der Waals surface area contributed by atoms with Crippen molar-refractivity contribution in [2.24, 2.45) is 0 Å². The lowest BCUT2D eigenvalue weighted by Gasteiger charge is -2.22. The number of ether oxygens (including phenoxy) is 2. The van der Waals surface area contributed by atoms with E-state index in [0.29, 0.717) is 11.3 Å². The first-order chi connectivity index (χ1) is 7.41. The summed E-state index contributed by atoms with van der Waals surface area (Å²) in [6, 6.07) is 3.24. The normalized spacial score (nSPS) is 14.1. The molecule has 0 aliphatic carbocycles. The van der Waals surface area contributed by atoms with Gasteiger partial charge >= 0.3 is 7.12 Å². The van der Waals surface area contributed by atoms with Crippen molar-refractivity contribution in [3.8, 4) is 11.5 Å². The molecule has 0 radical (unpaired) electrons. The van der Waals surface area contributed by atoms with E-state index in [4.69, 9.17) is 9.47 Å². The maximum Gasteiger partial charge on any atom is 0.492 e. The van der Waals surface area contributed by atoms with E-state index in [9.17, 15) is 15.2 Å². The fraction of sp³-hybridized carbons (Fsp3) is 0.400. The van der Waals surface area contributed by atoms with Crippen molar-refractivity contribution < 1.29 is 24.6 Å². The van der Waals surface area contributed by atoms with Crippen LogP contribution in [0.3, 0.4) is 0 Å². The molecule has 0 bridgehead atoms. The van der Waals surface area contributed by atoms with E-state index in [-0.39, 0.29) is 18.0 Å². The first kappa shape index (κ1) is 11.3. The fourth-order valence-corrected chi connectivity index (χ4v) is 1.78. The third kappa shape index (κ3) is 1.75. The van der Waals surface area contributed by atoms with Crippen LogP contribution in [0.1, 0.15) is 19.4 Å². The highest BCUT2D eigenvalue weighted by atomic mass is 16.7. The van der Waals surface area contributed by atoms with Gasteiger partial charge < -0.3 is 24.6 Å². The summed E-state index contributed by atoms with van der Waals surface area (Å²) in [4.78, 5) is 0. The fourth-order valence-electron chi connectivity index (χ4n) is 1.78. The number of benzene rings is 1. The van der Waals surface area contributed by atoms with E-state index in [2.05, 4.69) is 0 Å². The number of aliphatic hydroxyl groups is 1. The molecular formula is C10H13BO5. The summed E-state index contributed by atoms with van der Waals surface area (Å²) >= 11 is 0. The zero-order valence-corrected chi connectivity index (χ0v) is 9.10. The lowest BCUT2D eigenvalue weighted by Crippen LogP contribution is -2.38. The molecule has 1 aliphatic heterocycles. The first-order valence-electron chi connectivity index (χ1n) is 4.92. The van der Waals surface area contributed by atoms with E-state index in [0.717, 1.165) is 0 Å². The van der Waals surface area contributed by atoms with Crippen LogP contribution >= 0.6 is 0 Å². The molecule has 3 N–H and O–H groups in total. The lowest BCUT2D eigenvalue weighted by atomic mass is 9.72. The molecule has 0 atom stereocenters. The highest BCUT2D eigenvalue weighted by Crippen LogP contribution is 2.33. The number of hydrogen-bond acceptors (Lipinski definition) is 5. The molecule has 0 saturated carbocycles. The minimum atomic E-state index is -1.71. The SMILES string of the molecule is CC(C)(O)c1ccc2c(c1B(O)O)OCO2. The molecule has 1 aromatic rings. The third-order valence-electron chi connectivity index (χ3n) is 2.49. The van der Waals surface area contributed by atoms with Gasteiger partial charge in [0.25, 0.3) is 0 Å². The first-order valence-corrected chi connectivity index (χ1v) is 4.92. The van der Waals surface area contributed by atoms with Crippen LogP contribution in [0.25, 0.3) is 0 Å². The summed E-state index contributed by atoms with van der Waals surface area (Å²) in [6.07, 6.45) is 0. The Morgan fingerprint density at radius 3 is 2.50 bits per heavy atom. The average molecular weight is 224 g/mol. The van der Waals surface area contributed by atoms with E-state index >= 15 is 0 Å². The standard InChI is InChI=1S/C10H13BO5/c1-10(2,12)6-3-4-7-9(16-5-15-7)8(6)11(13)14/h3-4,12-14H,5H2,1-2H3. The molecule has 0 unspecified atom stereocenters. The number of rotatable bonds is 2. The third-order valence-corrected chi connectivity index (χ3v) is 2.49. The van der Waals surface area contributed by atoms with Crippen LogP contribution in [0.15, 0.2) is 12.1 Å². The summed E-state index contributed by atoms with van der Waals surface area (Å²) in [7, 11) is -1.71. The van der Waals surface area contributed by atoms with Crippen molar-refractivity contribution in [1.29, 1.82) is 0 Å². The Morgan fingerprint density at radius 1 is 1.25 bits per heavy atom.